The number of benzene rings is 1. The van der Waals surface area contributed by atoms with Crippen LogP contribution in [0.3, 0.4) is 0 Å². The van der Waals surface area contributed by atoms with E-state index in [0.717, 1.165) is 11.5 Å². The minimum atomic E-state index is -0.0597. The Bertz CT molecular complexity index is 471. The maximum Gasteiger partial charge on any atom is 0.160 e. The lowest BCUT2D eigenvalue weighted by Crippen LogP contribution is -2.05. The fourth-order valence-corrected chi connectivity index (χ4v) is 2.10. The third kappa shape index (κ3) is 10.0. The predicted molar refractivity (Wildman–Crippen MR) is 102 cm³/mol. The summed E-state index contributed by atoms with van der Waals surface area (Å²) in [7, 11) is 0. The highest BCUT2D eigenvalue weighted by Crippen LogP contribution is 2.19. The van der Waals surface area contributed by atoms with Crippen LogP contribution >= 0.6 is 0 Å². The second-order valence-corrected chi connectivity index (χ2v) is 6.25. The summed E-state index contributed by atoms with van der Waals surface area (Å²) in [6.45, 7) is 17.8. The highest BCUT2D eigenvalue weighted by molar-refractivity contribution is 6.07. The molecule has 0 unspecified atom stereocenters. The number of ketones is 2. The second kappa shape index (κ2) is 13.0. The first-order valence-electron chi connectivity index (χ1n) is 8.86. The van der Waals surface area contributed by atoms with Crippen LogP contribution in [0.4, 0.5) is 0 Å². The minimum absolute atomic E-state index is 0.0531. The Morgan fingerprint density at radius 3 is 1.65 bits per heavy atom. The summed E-state index contributed by atoms with van der Waals surface area (Å²) >= 11 is 0. The van der Waals surface area contributed by atoms with Crippen LogP contribution in [0.25, 0.3) is 0 Å². The standard InChI is InChI=1S/C13H16O2.C6H14.C2H6/c1-8(2)11-5-6-12(9(3)14)13(7-11)10(4)15;1-4-5-6(2)3;1-2/h5-8H,1-4H3;6H,4-5H2,1-3H3;1-2H3. The zero-order valence-corrected chi connectivity index (χ0v) is 16.6. The van der Waals surface area contributed by atoms with E-state index in [9.17, 15) is 9.59 Å². The molecule has 0 fully saturated rings. The quantitative estimate of drug-likeness (QED) is 0.567. The van der Waals surface area contributed by atoms with Crippen LogP contribution in [0.5, 0.6) is 0 Å². The van der Waals surface area contributed by atoms with E-state index in [4.69, 9.17) is 0 Å². The van der Waals surface area contributed by atoms with Crippen LogP contribution in [0.1, 0.15) is 107 Å². The van der Waals surface area contributed by atoms with Crippen molar-refractivity contribution in [2.75, 3.05) is 0 Å². The van der Waals surface area contributed by atoms with Gasteiger partial charge in [-0.3, -0.25) is 9.59 Å². The van der Waals surface area contributed by atoms with Crippen molar-refractivity contribution in [2.45, 2.75) is 81.1 Å². The first kappa shape index (κ1) is 23.8. The van der Waals surface area contributed by atoms with Gasteiger partial charge in [0, 0.05) is 11.1 Å². The summed E-state index contributed by atoms with van der Waals surface area (Å²) in [5, 5.41) is 0. The fourth-order valence-electron chi connectivity index (χ4n) is 2.10. The van der Waals surface area contributed by atoms with Crippen LogP contribution in [0.15, 0.2) is 18.2 Å². The molecular weight excluding hydrogens is 284 g/mol. The molecule has 0 atom stereocenters. The Morgan fingerprint density at radius 2 is 1.39 bits per heavy atom. The molecule has 1 aromatic carbocycles. The van der Waals surface area contributed by atoms with Crippen LogP contribution in [0.2, 0.25) is 0 Å². The Morgan fingerprint density at radius 1 is 0.913 bits per heavy atom. The molecule has 0 saturated carbocycles. The SMILES string of the molecule is CC.CC(=O)c1ccc(C(C)C)cc1C(C)=O.CCCC(C)C. The first-order chi connectivity index (χ1) is 10.7. The maximum atomic E-state index is 11.4. The molecule has 0 aliphatic heterocycles. The van der Waals surface area contributed by atoms with Crippen molar-refractivity contribution >= 4 is 11.6 Å². The van der Waals surface area contributed by atoms with E-state index >= 15 is 0 Å². The van der Waals surface area contributed by atoms with E-state index < -0.39 is 0 Å². The largest absolute Gasteiger partial charge is 0.294 e. The van der Waals surface area contributed by atoms with Gasteiger partial charge < -0.3 is 0 Å². The van der Waals surface area contributed by atoms with Crippen molar-refractivity contribution in [3.63, 3.8) is 0 Å². The third-order valence-electron chi connectivity index (χ3n) is 3.33. The maximum absolute atomic E-state index is 11.4. The van der Waals surface area contributed by atoms with E-state index in [1.807, 2.05) is 26.0 Å². The van der Waals surface area contributed by atoms with Gasteiger partial charge in [0.25, 0.3) is 0 Å². The summed E-state index contributed by atoms with van der Waals surface area (Å²) in [5.41, 5.74) is 2.14. The highest BCUT2D eigenvalue weighted by Gasteiger charge is 2.12. The average Bonchev–Trinajstić information content (AvgIpc) is 2.48. The number of hydrogen-bond donors (Lipinski definition) is 0. The summed E-state index contributed by atoms with van der Waals surface area (Å²) in [6, 6.07) is 5.48. The third-order valence-corrected chi connectivity index (χ3v) is 3.33. The first-order valence-corrected chi connectivity index (χ1v) is 8.86. The molecule has 0 radical (unpaired) electrons. The number of carbonyl (C=O) groups excluding carboxylic acids is 2. The number of carbonyl (C=O) groups is 2. The molecule has 0 N–H and O–H groups in total. The monoisotopic (exact) mass is 320 g/mol. The molecule has 0 spiro atoms. The second-order valence-electron chi connectivity index (χ2n) is 6.25. The number of rotatable bonds is 5. The molecule has 132 valence electrons. The van der Waals surface area contributed by atoms with Gasteiger partial charge in [-0.05, 0) is 37.3 Å². The van der Waals surface area contributed by atoms with Crippen LogP contribution < -0.4 is 0 Å². The van der Waals surface area contributed by atoms with Crippen molar-refractivity contribution in [3.8, 4) is 0 Å². The Kier molecular flexibility index (Phi) is 13.5. The van der Waals surface area contributed by atoms with Crippen LogP contribution in [-0.4, -0.2) is 11.6 Å². The van der Waals surface area contributed by atoms with Crippen molar-refractivity contribution < 1.29 is 9.59 Å². The topological polar surface area (TPSA) is 34.1 Å². The van der Waals surface area contributed by atoms with Crippen molar-refractivity contribution in [1.82, 2.24) is 0 Å². The van der Waals surface area contributed by atoms with Gasteiger partial charge >= 0.3 is 0 Å². The smallest absolute Gasteiger partial charge is 0.160 e. The van der Waals surface area contributed by atoms with Gasteiger partial charge in [-0.25, -0.2) is 0 Å². The van der Waals surface area contributed by atoms with Gasteiger partial charge in [-0.2, -0.15) is 0 Å². The molecule has 0 amide bonds. The molecule has 23 heavy (non-hydrogen) atoms. The summed E-state index contributed by atoms with van der Waals surface area (Å²) < 4.78 is 0. The van der Waals surface area contributed by atoms with E-state index in [1.165, 1.54) is 26.7 Å². The fraction of sp³-hybridized carbons (Fsp3) is 0.619. The highest BCUT2D eigenvalue weighted by atomic mass is 16.1. The van der Waals surface area contributed by atoms with E-state index in [0.29, 0.717) is 17.0 Å². The summed E-state index contributed by atoms with van der Waals surface area (Å²) in [6.07, 6.45) is 2.71. The van der Waals surface area contributed by atoms with Gasteiger partial charge in [0.15, 0.2) is 11.6 Å². The van der Waals surface area contributed by atoms with E-state index in [-0.39, 0.29) is 11.6 Å². The molecule has 0 saturated heterocycles. The summed E-state index contributed by atoms with van der Waals surface area (Å²) in [5.74, 6) is 1.15. The molecule has 0 bridgehead atoms. The van der Waals surface area contributed by atoms with Gasteiger partial charge in [-0.1, -0.05) is 73.4 Å². The van der Waals surface area contributed by atoms with E-state index in [2.05, 4.69) is 34.6 Å². The Labute approximate surface area is 143 Å². The van der Waals surface area contributed by atoms with Crippen molar-refractivity contribution in [1.29, 1.82) is 0 Å². The lowest BCUT2D eigenvalue weighted by Gasteiger charge is -2.09. The molecule has 0 aliphatic rings. The van der Waals surface area contributed by atoms with Gasteiger partial charge in [0.05, 0.1) is 0 Å². The van der Waals surface area contributed by atoms with Gasteiger partial charge in [0.1, 0.15) is 0 Å². The molecule has 2 nitrogen and oxygen atoms in total. The molecule has 2 heteroatoms. The normalized spacial score (nSPS) is 9.70. The minimum Gasteiger partial charge on any atom is -0.294 e. The van der Waals surface area contributed by atoms with Crippen molar-refractivity contribution in [2.24, 2.45) is 5.92 Å². The molecule has 0 aliphatic carbocycles. The van der Waals surface area contributed by atoms with Gasteiger partial charge in [-0.15, -0.1) is 0 Å². The molecule has 0 aromatic heterocycles. The molecule has 0 heterocycles. The number of Topliss-reactive ketones (excluding diaryl/α,β-unsaturated/α-hetero) is 2. The zero-order valence-electron chi connectivity index (χ0n) is 16.6. The molecular formula is C21H36O2. The van der Waals surface area contributed by atoms with Crippen LogP contribution in [-0.2, 0) is 0 Å². The lowest BCUT2D eigenvalue weighted by atomic mass is 9.94. The molecule has 1 rings (SSSR count). The molecule has 1 aromatic rings. The van der Waals surface area contributed by atoms with E-state index in [1.54, 1.807) is 6.07 Å². The zero-order chi connectivity index (χ0) is 18.6. The van der Waals surface area contributed by atoms with Crippen molar-refractivity contribution in [3.05, 3.63) is 34.9 Å². The Balaban J connectivity index is 0. The number of hydrogen-bond acceptors (Lipinski definition) is 2. The lowest BCUT2D eigenvalue weighted by molar-refractivity contribution is 0.0980. The average molecular weight is 321 g/mol. The predicted octanol–water partition coefficient (Wildman–Crippen LogP) is 6.68. The Hall–Kier alpha value is -1.44. The van der Waals surface area contributed by atoms with Crippen LogP contribution in [0, 0.1) is 5.92 Å². The summed E-state index contributed by atoms with van der Waals surface area (Å²) in [4.78, 5) is 22.7. The van der Waals surface area contributed by atoms with Gasteiger partial charge in [0.2, 0.25) is 0 Å².